The average Bonchev–Trinajstić information content (AvgIpc) is 3.11. The lowest BCUT2D eigenvalue weighted by atomic mass is 10.1. The fourth-order valence-electron chi connectivity index (χ4n) is 2.74. The number of carbonyl (C=O) groups excluding carboxylic acids is 3. The van der Waals surface area contributed by atoms with Crippen LogP contribution in [0.2, 0.25) is 10.0 Å². The minimum atomic E-state index is -0.487. The molecule has 6 nitrogen and oxygen atoms in total. The Balaban J connectivity index is 1.43. The van der Waals surface area contributed by atoms with Crippen molar-refractivity contribution < 1.29 is 14.4 Å². The van der Waals surface area contributed by atoms with E-state index in [1.54, 1.807) is 22.3 Å². The van der Waals surface area contributed by atoms with Crippen LogP contribution in [0.3, 0.4) is 0 Å². The van der Waals surface area contributed by atoms with Crippen molar-refractivity contribution in [2.24, 2.45) is 0 Å². The molecule has 1 aliphatic rings. The zero-order valence-electron chi connectivity index (χ0n) is 14.3. The Morgan fingerprint density at radius 2 is 1.93 bits per heavy atom. The number of nitrogens with zero attached hydrogens (tertiary/aromatic N) is 1. The van der Waals surface area contributed by atoms with E-state index in [9.17, 15) is 14.4 Å². The van der Waals surface area contributed by atoms with Crippen LogP contribution in [0.15, 0.2) is 29.6 Å². The fourth-order valence-corrected chi connectivity index (χ4v) is 4.12. The SMILES string of the molecule is O=C(CNC(=O)c1ccc(Cl)cc1Cl)NCC(=O)N1CCc2sccc2C1. The van der Waals surface area contributed by atoms with Gasteiger partial charge in [0.25, 0.3) is 5.91 Å². The molecule has 0 unspecified atom stereocenters. The van der Waals surface area contributed by atoms with Crippen LogP contribution in [-0.2, 0) is 22.6 Å². The van der Waals surface area contributed by atoms with E-state index in [4.69, 9.17) is 23.2 Å². The molecule has 1 aromatic heterocycles. The zero-order chi connectivity index (χ0) is 19.4. The molecule has 0 aliphatic carbocycles. The van der Waals surface area contributed by atoms with Crippen LogP contribution >= 0.6 is 34.5 Å². The molecule has 3 rings (SSSR count). The minimum Gasteiger partial charge on any atom is -0.345 e. The molecule has 2 heterocycles. The van der Waals surface area contributed by atoms with Gasteiger partial charge < -0.3 is 15.5 Å². The minimum absolute atomic E-state index is 0.101. The lowest BCUT2D eigenvalue weighted by Gasteiger charge is -2.27. The van der Waals surface area contributed by atoms with E-state index in [-0.39, 0.29) is 29.6 Å². The quantitative estimate of drug-likeness (QED) is 0.771. The summed E-state index contributed by atoms with van der Waals surface area (Å²) in [6.45, 7) is 0.864. The van der Waals surface area contributed by atoms with Crippen molar-refractivity contribution in [3.63, 3.8) is 0 Å². The zero-order valence-corrected chi connectivity index (χ0v) is 16.6. The van der Waals surface area contributed by atoms with Crippen LogP contribution in [0.4, 0.5) is 0 Å². The summed E-state index contributed by atoms with van der Waals surface area (Å²) in [6.07, 6.45) is 0.838. The highest BCUT2D eigenvalue weighted by Crippen LogP contribution is 2.24. The molecule has 0 fully saturated rings. The molecule has 0 spiro atoms. The summed E-state index contributed by atoms with van der Waals surface area (Å²) in [5.41, 5.74) is 1.39. The van der Waals surface area contributed by atoms with Crippen molar-refractivity contribution >= 4 is 52.3 Å². The molecule has 2 aromatic rings. The van der Waals surface area contributed by atoms with Crippen LogP contribution in [0, 0.1) is 0 Å². The molecule has 27 heavy (non-hydrogen) atoms. The summed E-state index contributed by atoms with van der Waals surface area (Å²) in [6, 6.07) is 6.50. The van der Waals surface area contributed by atoms with Crippen LogP contribution < -0.4 is 10.6 Å². The third kappa shape index (κ3) is 5.00. The molecule has 0 bridgehead atoms. The van der Waals surface area contributed by atoms with Crippen LogP contribution in [0.5, 0.6) is 0 Å². The largest absolute Gasteiger partial charge is 0.345 e. The topological polar surface area (TPSA) is 78.5 Å². The highest BCUT2D eigenvalue weighted by molar-refractivity contribution is 7.10. The van der Waals surface area contributed by atoms with E-state index < -0.39 is 11.8 Å². The number of benzene rings is 1. The number of carbonyl (C=O) groups is 3. The van der Waals surface area contributed by atoms with Crippen LogP contribution in [-0.4, -0.2) is 42.3 Å². The maximum Gasteiger partial charge on any atom is 0.253 e. The number of hydrogen-bond donors (Lipinski definition) is 2. The maximum atomic E-state index is 12.3. The summed E-state index contributed by atoms with van der Waals surface area (Å²) in [5, 5.41) is 7.64. The van der Waals surface area contributed by atoms with Gasteiger partial charge in [0, 0.05) is 23.0 Å². The van der Waals surface area contributed by atoms with Crippen molar-refractivity contribution in [3.05, 3.63) is 55.7 Å². The second-order valence-electron chi connectivity index (χ2n) is 6.02. The Labute approximate surface area is 170 Å². The molecule has 0 saturated heterocycles. The van der Waals surface area contributed by atoms with E-state index in [1.807, 2.05) is 11.4 Å². The first kappa shape index (κ1) is 19.7. The van der Waals surface area contributed by atoms with E-state index in [0.717, 1.165) is 12.0 Å². The second-order valence-corrected chi connectivity index (χ2v) is 7.86. The Kier molecular flexibility index (Phi) is 6.36. The molecule has 0 saturated carbocycles. The van der Waals surface area contributed by atoms with Gasteiger partial charge in [0.2, 0.25) is 11.8 Å². The first-order chi connectivity index (χ1) is 12.9. The van der Waals surface area contributed by atoms with Gasteiger partial charge in [-0.2, -0.15) is 0 Å². The third-order valence-electron chi connectivity index (χ3n) is 4.18. The number of rotatable bonds is 5. The number of fused-ring (bicyclic) bond motifs is 1. The standard InChI is InChI=1S/C18H17Cl2N3O3S/c19-12-1-2-13(14(20)7-12)18(26)22-8-16(24)21-9-17(25)23-5-3-15-11(10-23)4-6-27-15/h1-2,4,6-7H,3,5,8-10H2,(H,21,24)(H,22,26). The molecule has 0 atom stereocenters. The van der Waals surface area contributed by atoms with Gasteiger partial charge in [0.15, 0.2) is 0 Å². The van der Waals surface area contributed by atoms with E-state index in [1.165, 1.54) is 17.0 Å². The molecular weight excluding hydrogens is 409 g/mol. The highest BCUT2D eigenvalue weighted by atomic mass is 35.5. The van der Waals surface area contributed by atoms with Gasteiger partial charge in [-0.25, -0.2) is 0 Å². The number of thiophene rings is 1. The summed E-state index contributed by atoms with van der Waals surface area (Å²) in [4.78, 5) is 39.3. The Hall–Kier alpha value is -2.09. The Morgan fingerprint density at radius 3 is 2.70 bits per heavy atom. The summed E-state index contributed by atoms with van der Waals surface area (Å²) >= 11 is 13.5. The van der Waals surface area contributed by atoms with Crippen LogP contribution in [0.25, 0.3) is 0 Å². The first-order valence-electron chi connectivity index (χ1n) is 8.27. The third-order valence-corrected chi connectivity index (χ3v) is 5.75. The number of halogens is 2. The lowest BCUT2D eigenvalue weighted by Crippen LogP contribution is -2.44. The van der Waals surface area contributed by atoms with Gasteiger partial charge in [0.05, 0.1) is 23.7 Å². The highest BCUT2D eigenvalue weighted by Gasteiger charge is 2.21. The fraction of sp³-hybridized carbons (Fsp3) is 0.278. The van der Waals surface area contributed by atoms with Gasteiger partial charge in [0.1, 0.15) is 0 Å². The molecule has 0 radical (unpaired) electrons. The van der Waals surface area contributed by atoms with Gasteiger partial charge in [-0.15, -0.1) is 11.3 Å². The summed E-state index contributed by atoms with van der Waals surface area (Å²) in [5.74, 6) is -1.08. The summed E-state index contributed by atoms with van der Waals surface area (Å²) in [7, 11) is 0. The van der Waals surface area contributed by atoms with E-state index >= 15 is 0 Å². The number of nitrogens with one attached hydrogen (secondary N) is 2. The molecule has 1 aliphatic heterocycles. The number of hydrogen-bond acceptors (Lipinski definition) is 4. The molecule has 3 amide bonds. The Bertz CT molecular complexity index is 884. The van der Waals surface area contributed by atoms with Crippen molar-refractivity contribution in [2.75, 3.05) is 19.6 Å². The number of amides is 3. The van der Waals surface area contributed by atoms with Crippen molar-refractivity contribution in [1.82, 2.24) is 15.5 Å². The predicted octanol–water partition coefficient (Wildman–Crippen LogP) is 2.49. The van der Waals surface area contributed by atoms with E-state index in [0.29, 0.717) is 18.1 Å². The molecular formula is C18H17Cl2N3O3S. The van der Waals surface area contributed by atoms with Gasteiger partial charge >= 0.3 is 0 Å². The van der Waals surface area contributed by atoms with Crippen molar-refractivity contribution in [3.8, 4) is 0 Å². The smallest absolute Gasteiger partial charge is 0.253 e. The predicted molar refractivity (Wildman–Crippen MR) is 105 cm³/mol. The maximum absolute atomic E-state index is 12.3. The van der Waals surface area contributed by atoms with Crippen LogP contribution in [0.1, 0.15) is 20.8 Å². The average molecular weight is 426 g/mol. The first-order valence-corrected chi connectivity index (χ1v) is 9.90. The van der Waals surface area contributed by atoms with E-state index in [2.05, 4.69) is 10.6 Å². The van der Waals surface area contributed by atoms with Crippen molar-refractivity contribution in [1.29, 1.82) is 0 Å². The molecule has 142 valence electrons. The van der Waals surface area contributed by atoms with Crippen molar-refractivity contribution in [2.45, 2.75) is 13.0 Å². The van der Waals surface area contributed by atoms with Gasteiger partial charge in [-0.05, 0) is 41.6 Å². The normalized spacial score (nSPS) is 13.0. The van der Waals surface area contributed by atoms with Gasteiger partial charge in [-0.1, -0.05) is 23.2 Å². The molecule has 1 aromatic carbocycles. The monoisotopic (exact) mass is 425 g/mol. The second kappa shape index (κ2) is 8.73. The Morgan fingerprint density at radius 1 is 1.11 bits per heavy atom. The molecule has 2 N–H and O–H groups in total. The summed E-state index contributed by atoms with van der Waals surface area (Å²) < 4.78 is 0. The molecule has 9 heteroatoms. The lowest BCUT2D eigenvalue weighted by molar-refractivity contribution is -0.133. The van der Waals surface area contributed by atoms with Gasteiger partial charge in [-0.3, -0.25) is 14.4 Å².